The Morgan fingerprint density at radius 3 is 0.818 bits per heavy atom. The van der Waals surface area contributed by atoms with Crippen LogP contribution in [0, 0.1) is 0 Å². The van der Waals surface area contributed by atoms with Crippen molar-refractivity contribution in [2.24, 2.45) is 0 Å². The Morgan fingerprint density at radius 2 is 0.773 bits per heavy atom. The van der Waals surface area contributed by atoms with Crippen LogP contribution in [0.1, 0.15) is 78.6 Å². The molecule has 0 saturated carbocycles. The fraction of sp³-hybridized carbons (Fsp3) is 0.800. The van der Waals surface area contributed by atoms with Crippen molar-refractivity contribution in [1.82, 2.24) is 0 Å². The third-order valence-corrected chi connectivity index (χ3v) is 2.20. The first-order valence-corrected chi connectivity index (χ1v) is 7.41. The predicted molar refractivity (Wildman–Crippen MR) is 73.6 cm³/mol. The molecular weight excluding hydrogens is 468 g/mol. The van der Waals surface area contributed by atoms with E-state index in [1.807, 2.05) is 20.8 Å². The molecule has 132 valence electrons. The van der Waals surface area contributed by atoms with Gasteiger partial charge in [-0.1, -0.05) is 40.0 Å². The van der Waals surface area contributed by atoms with Crippen LogP contribution in [0.15, 0.2) is 0 Å². The smallest absolute Gasteiger partial charge is 0.550 e. The Hall–Kier alpha value is -0.941. The van der Waals surface area contributed by atoms with E-state index in [1.165, 1.54) is 0 Å². The van der Waals surface area contributed by atoms with Gasteiger partial charge in [-0.05, 0) is 38.5 Å². The molecule has 6 nitrogen and oxygen atoms in total. The topological polar surface area (TPSA) is 120 Å². The molecule has 22 heavy (non-hydrogen) atoms. The van der Waals surface area contributed by atoms with Crippen LogP contribution in [-0.4, -0.2) is 17.9 Å². The molecule has 0 aromatic carbocycles. The van der Waals surface area contributed by atoms with Crippen LogP contribution >= 0.6 is 0 Å². The van der Waals surface area contributed by atoms with Gasteiger partial charge in [-0.2, -0.15) is 0 Å². The summed E-state index contributed by atoms with van der Waals surface area (Å²) >= 11 is 0. The van der Waals surface area contributed by atoms with E-state index < -0.39 is 17.9 Å². The van der Waals surface area contributed by atoms with E-state index in [0.717, 1.165) is 38.5 Å². The molecule has 0 aliphatic carbocycles. The van der Waals surface area contributed by atoms with Crippen molar-refractivity contribution in [2.75, 3.05) is 0 Å². The van der Waals surface area contributed by atoms with Gasteiger partial charge in [0, 0.05) is 17.9 Å². The van der Waals surface area contributed by atoms with Gasteiger partial charge in [-0.25, -0.2) is 0 Å². The number of carbonyl (C=O) groups is 3. The average molecular weight is 496 g/mol. The Kier molecular flexibility index (Phi) is 33.1. The fourth-order valence-corrected chi connectivity index (χ4v) is 0.963. The van der Waals surface area contributed by atoms with Gasteiger partial charge in [0.05, 0.1) is 0 Å². The van der Waals surface area contributed by atoms with Crippen LogP contribution in [0.3, 0.4) is 0 Å². The van der Waals surface area contributed by atoms with Gasteiger partial charge in [0.15, 0.2) is 0 Å². The molecule has 0 unspecified atom stereocenters. The normalized spacial score (nSPS) is 8.32. The molecule has 0 rings (SSSR count). The first-order chi connectivity index (χ1) is 9.81. The zero-order valence-electron chi connectivity index (χ0n) is 13.6. The quantitative estimate of drug-likeness (QED) is 0.436. The zero-order valence-corrected chi connectivity index (χ0v) is 16.0. The number of rotatable bonds is 9. The summed E-state index contributed by atoms with van der Waals surface area (Å²) in [6.07, 6.45) is 5.60. The van der Waals surface area contributed by atoms with E-state index in [0.29, 0.717) is 0 Å². The summed E-state index contributed by atoms with van der Waals surface area (Å²) in [5, 5.41) is 28.9. The van der Waals surface area contributed by atoms with Crippen LogP contribution in [0.5, 0.6) is 0 Å². The van der Waals surface area contributed by atoms with Crippen molar-refractivity contribution in [1.29, 1.82) is 0 Å². The summed E-state index contributed by atoms with van der Waals surface area (Å²) in [5.74, 6) is -2.83. The minimum Gasteiger partial charge on any atom is -0.550 e. The molecule has 0 amide bonds. The molecule has 0 aliphatic rings. The van der Waals surface area contributed by atoms with Crippen molar-refractivity contribution >= 4 is 17.9 Å². The minimum atomic E-state index is -0.943. The van der Waals surface area contributed by atoms with E-state index in [1.54, 1.807) is 0 Å². The van der Waals surface area contributed by atoms with Crippen LogP contribution in [0.2, 0.25) is 0 Å². The molecule has 0 heterocycles. The Morgan fingerprint density at radius 1 is 0.591 bits per heavy atom. The van der Waals surface area contributed by atoms with E-state index in [-0.39, 0.29) is 39.4 Å². The van der Waals surface area contributed by atoms with E-state index in [2.05, 4.69) is 0 Å². The molecule has 0 spiro atoms. The van der Waals surface area contributed by atoms with Gasteiger partial charge in [0.2, 0.25) is 0 Å². The maximum Gasteiger partial charge on any atom is 3.00 e. The first kappa shape index (κ1) is 29.1. The van der Waals surface area contributed by atoms with Gasteiger partial charge in [-0.3, -0.25) is 0 Å². The standard InChI is InChI=1S/3C5H10O2.Ir/c3*1-2-3-4-5(6)7;/h3*2-4H2,1H3,(H,6,7);/q;;;+3/p-3. The van der Waals surface area contributed by atoms with Gasteiger partial charge in [0.1, 0.15) is 0 Å². The van der Waals surface area contributed by atoms with Gasteiger partial charge in [-0.15, -0.1) is 0 Å². The van der Waals surface area contributed by atoms with Crippen LogP contribution in [0.4, 0.5) is 0 Å². The Bertz CT molecular complexity index is 226. The van der Waals surface area contributed by atoms with Crippen LogP contribution < -0.4 is 15.3 Å². The summed E-state index contributed by atoms with van der Waals surface area (Å²) in [5.41, 5.74) is 0. The zero-order chi connectivity index (χ0) is 17.1. The molecule has 7 heteroatoms. The van der Waals surface area contributed by atoms with Gasteiger partial charge >= 0.3 is 20.1 Å². The fourth-order valence-electron chi connectivity index (χ4n) is 0.963. The monoisotopic (exact) mass is 496 g/mol. The Balaban J connectivity index is -0.000000108. The molecule has 0 fully saturated rings. The van der Waals surface area contributed by atoms with E-state index in [4.69, 9.17) is 0 Å². The summed E-state index contributed by atoms with van der Waals surface area (Å²) in [6.45, 7) is 5.84. The molecule has 0 bridgehead atoms. The predicted octanol–water partition coefficient (Wildman–Crippen LogP) is -0.223. The summed E-state index contributed by atoms with van der Waals surface area (Å²) in [6, 6.07) is 0. The number of carboxylic acid groups (broad SMARTS) is 3. The van der Waals surface area contributed by atoms with E-state index >= 15 is 0 Å². The number of hydrogen-bond donors (Lipinski definition) is 0. The van der Waals surface area contributed by atoms with Crippen molar-refractivity contribution in [3.63, 3.8) is 0 Å². The molecule has 0 N–H and O–H groups in total. The maximum absolute atomic E-state index is 9.65. The second kappa shape index (κ2) is 25.0. The molecule has 0 radical (unpaired) electrons. The number of carbonyl (C=O) groups excluding carboxylic acids is 3. The maximum atomic E-state index is 9.65. The molecule has 0 atom stereocenters. The van der Waals surface area contributed by atoms with Crippen molar-refractivity contribution in [2.45, 2.75) is 78.6 Å². The number of carboxylic acids is 3. The van der Waals surface area contributed by atoms with Gasteiger partial charge < -0.3 is 29.7 Å². The number of aliphatic carboxylic acids is 3. The van der Waals surface area contributed by atoms with Crippen LogP contribution in [-0.2, 0) is 34.5 Å². The third-order valence-electron chi connectivity index (χ3n) is 2.20. The minimum absolute atomic E-state index is 0. The molecule has 0 saturated heterocycles. The molecule has 0 aromatic heterocycles. The SMILES string of the molecule is CCCCC(=O)[O-].CCCCC(=O)[O-].CCCCC(=O)[O-].[Ir+3]. The van der Waals surface area contributed by atoms with Crippen molar-refractivity contribution in [3.05, 3.63) is 0 Å². The second-order valence-electron chi connectivity index (χ2n) is 4.43. The first-order valence-electron chi connectivity index (χ1n) is 7.41. The average Bonchev–Trinajstić information content (AvgIpc) is 2.41. The molecule has 0 aromatic rings. The van der Waals surface area contributed by atoms with Gasteiger partial charge in [0.25, 0.3) is 0 Å². The summed E-state index contributed by atoms with van der Waals surface area (Å²) in [7, 11) is 0. The second-order valence-corrected chi connectivity index (χ2v) is 4.43. The number of hydrogen-bond acceptors (Lipinski definition) is 6. The Labute approximate surface area is 146 Å². The molecule has 0 aliphatic heterocycles. The summed E-state index contributed by atoms with van der Waals surface area (Å²) in [4.78, 5) is 28.9. The van der Waals surface area contributed by atoms with E-state index in [9.17, 15) is 29.7 Å². The third kappa shape index (κ3) is 50.8. The van der Waals surface area contributed by atoms with Crippen molar-refractivity contribution < 1.29 is 49.8 Å². The molecular formula is C15H27IrO6. The van der Waals surface area contributed by atoms with Crippen molar-refractivity contribution in [3.8, 4) is 0 Å². The van der Waals surface area contributed by atoms with Crippen LogP contribution in [0.25, 0.3) is 0 Å². The summed E-state index contributed by atoms with van der Waals surface area (Å²) < 4.78 is 0. The number of unbranched alkanes of at least 4 members (excludes halogenated alkanes) is 3. The largest absolute Gasteiger partial charge is 3.00 e.